The van der Waals surface area contributed by atoms with Crippen molar-refractivity contribution in [1.29, 1.82) is 0 Å². The number of hydrogen-bond acceptors (Lipinski definition) is 5. The number of amides is 2. The van der Waals surface area contributed by atoms with Crippen LogP contribution in [0.2, 0.25) is 0 Å². The number of carboxylic acids is 2. The molecule has 0 aliphatic heterocycles. The number of rotatable bonds is 7. The number of nitrogens with zero attached hydrogens (tertiary/aromatic N) is 1. The molecule has 0 aromatic heterocycles. The highest BCUT2D eigenvalue weighted by Gasteiger charge is 2.27. The third kappa shape index (κ3) is 6.03. The summed E-state index contributed by atoms with van der Waals surface area (Å²) in [5, 5.41) is 19.5. The number of carbonyl (C=O) groups excluding carboxylic acids is 2. The van der Waals surface area contributed by atoms with Crippen molar-refractivity contribution < 1.29 is 34.1 Å². The van der Waals surface area contributed by atoms with Crippen molar-refractivity contribution in [1.82, 2.24) is 10.2 Å². The number of esters is 1. The van der Waals surface area contributed by atoms with E-state index in [9.17, 15) is 19.2 Å². The van der Waals surface area contributed by atoms with Crippen LogP contribution in [-0.2, 0) is 19.1 Å². The highest BCUT2D eigenvalue weighted by Crippen LogP contribution is 2.02. The van der Waals surface area contributed by atoms with Crippen molar-refractivity contribution in [2.45, 2.75) is 32.4 Å². The second kappa shape index (κ2) is 7.97. The largest absolute Gasteiger partial charge is 0.481 e. The van der Waals surface area contributed by atoms with Crippen LogP contribution in [0.4, 0.5) is 4.79 Å². The number of methoxy groups -OCH3 is 1. The Hall–Kier alpha value is -2.32. The molecule has 9 heteroatoms. The van der Waals surface area contributed by atoms with Gasteiger partial charge in [-0.05, 0) is 13.8 Å². The van der Waals surface area contributed by atoms with E-state index in [1.54, 1.807) is 13.8 Å². The fraction of sp³-hybridized carbons (Fsp3) is 0.636. The maximum Gasteiger partial charge on any atom is 0.326 e. The number of aliphatic carboxylic acids is 2. The Labute approximate surface area is 115 Å². The SMILES string of the molecule is COC(=O)CN(C(=O)N[C@@H](CC(=O)O)C(=O)O)C(C)C. The molecule has 0 saturated heterocycles. The molecule has 0 aliphatic carbocycles. The molecule has 0 fully saturated rings. The Morgan fingerprint density at radius 3 is 2.10 bits per heavy atom. The molecule has 0 aromatic carbocycles. The second-order valence-corrected chi connectivity index (χ2v) is 4.24. The van der Waals surface area contributed by atoms with Gasteiger partial charge in [0, 0.05) is 6.04 Å². The van der Waals surface area contributed by atoms with Crippen LogP contribution in [-0.4, -0.2) is 64.8 Å². The standard InChI is InChI=1S/C11H18N2O7/c1-6(2)13(5-9(16)20-3)11(19)12-7(10(17)18)4-8(14)15/h6-7H,4-5H2,1-3H3,(H,12,19)(H,14,15)(H,17,18)/t7-/m0/s1. The molecule has 9 nitrogen and oxygen atoms in total. The lowest BCUT2D eigenvalue weighted by Crippen LogP contribution is -2.52. The normalized spacial score (nSPS) is 11.6. The van der Waals surface area contributed by atoms with E-state index in [1.165, 1.54) is 0 Å². The van der Waals surface area contributed by atoms with E-state index in [-0.39, 0.29) is 6.54 Å². The average molecular weight is 290 g/mol. The van der Waals surface area contributed by atoms with Gasteiger partial charge in [-0.1, -0.05) is 0 Å². The summed E-state index contributed by atoms with van der Waals surface area (Å²) in [6.45, 7) is 2.88. The van der Waals surface area contributed by atoms with Gasteiger partial charge in [0.15, 0.2) is 0 Å². The van der Waals surface area contributed by atoms with Gasteiger partial charge in [-0.3, -0.25) is 9.59 Å². The van der Waals surface area contributed by atoms with E-state index in [0.717, 1.165) is 12.0 Å². The Balaban J connectivity index is 4.84. The molecular formula is C11H18N2O7. The number of urea groups is 1. The van der Waals surface area contributed by atoms with Gasteiger partial charge in [0.2, 0.25) is 0 Å². The highest BCUT2D eigenvalue weighted by molar-refractivity contribution is 5.87. The van der Waals surface area contributed by atoms with Crippen molar-refractivity contribution in [3.05, 3.63) is 0 Å². The fourth-order valence-electron chi connectivity index (χ4n) is 1.30. The van der Waals surface area contributed by atoms with Crippen LogP contribution in [0.3, 0.4) is 0 Å². The number of nitrogens with one attached hydrogen (secondary N) is 1. The summed E-state index contributed by atoms with van der Waals surface area (Å²) < 4.78 is 4.43. The topological polar surface area (TPSA) is 133 Å². The van der Waals surface area contributed by atoms with E-state index in [4.69, 9.17) is 10.2 Å². The monoisotopic (exact) mass is 290 g/mol. The molecule has 3 N–H and O–H groups in total. The summed E-state index contributed by atoms with van der Waals surface area (Å²) >= 11 is 0. The van der Waals surface area contributed by atoms with Crippen LogP contribution < -0.4 is 5.32 Å². The Bertz CT molecular complexity index is 394. The Kier molecular flexibility index (Phi) is 7.05. The molecule has 0 aliphatic rings. The third-order valence-electron chi connectivity index (χ3n) is 2.39. The molecule has 114 valence electrons. The summed E-state index contributed by atoms with van der Waals surface area (Å²) in [5.41, 5.74) is 0. The van der Waals surface area contributed by atoms with Crippen molar-refractivity contribution in [2.75, 3.05) is 13.7 Å². The summed E-state index contributed by atoms with van der Waals surface area (Å²) in [7, 11) is 1.16. The first-order valence-electron chi connectivity index (χ1n) is 5.77. The molecule has 0 bridgehead atoms. The summed E-state index contributed by atoms with van der Waals surface area (Å²) in [4.78, 5) is 45.5. The van der Waals surface area contributed by atoms with Crippen molar-refractivity contribution in [2.24, 2.45) is 0 Å². The van der Waals surface area contributed by atoms with E-state index in [2.05, 4.69) is 10.1 Å². The van der Waals surface area contributed by atoms with Crippen molar-refractivity contribution in [3.63, 3.8) is 0 Å². The first-order chi connectivity index (χ1) is 9.18. The van der Waals surface area contributed by atoms with E-state index in [0.29, 0.717) is 0 Å². The number of carbonyl (C=O) groups is 4. The third-order valence-corrected chi connectivity index (χ3v) is 2.39. The molecule has 0 spiro atoms. The molecule has 0 aromatic rings. The minimum atomic E-state index is -1.57. The van der Waals surface area contributed by atoms with Gasteiger partial charge in [0.1, 0.15) is 12.6 Å². The zero-order valence-corrected chi connectivity index (χ0v) is 11.5. The smallest absolute Gasteiger partial charge is 0.326 e. The maximum atomic E-state index is 11.9. The Morgan fingerprint density at radius 1 is 1.20 bits per heavy atom. The minimum absolute atomic E-state index is 0.362. The van der Waals surface area contributed by atoms with Crippen LogP contribution >= 0.6 is 0 Å². The zero-order chi connectivity index (χ0) is 15.9. The van der Waals surface area contributed by atoms with Gasteiger partial charge < -0.3 is 25.2 Å². The molecule has 0 heterocycles. The Morgan fingerprint density at radius 2 is 1.75 bits per heavy atom. The molecule has 0 radical (unpaired) electrons. The average Bonchev–Trinajstić information content (AvgIpc) is 2.33. The molecule has 20 heavy (non-hydrogen) atoms. The molecular weight excluding hydrogens is 272 g/mol. The molecule has 0 rings (SSSR count). The predicted octanol–water partition coefficient (Wildman–Crippen LogP) is -0.493. The minimum Gasteiger partial charge on any atom is -0.481 e. The molecule has 0 saturated carbocycles. The second-order valence-electron chi connectivity index (χ2n) is 4.24. The quantitative estimate of drug-likeness (QED) is 0.538. The van der Waals surface area contributed by atoms with E-state index < -0.39 is 42.4 Å². The lowest BCUT2D eigenvalue weighted by Gasteiger charge is -2.27. The van der Waals surface area contributed by atoms with E-state index in [1.807, 2.05) is 0 Å². The van der Waals surface area contributed by atoms with Crippen LogP contribution in [0, 0.1) is 0 Å². The highest BCUT2D eigenvalue weighted by atomic mass is 16.5. The van der Waals surface area contributed by atoms with Gasteiger partial charge in [0.05, 0.1) is 13.5 Å². The van der Waals surface area contributed by atoms with Crippen molar-refractivity contribution in [3.8, 4) is 0 Å². The van der Waals surface area contributed by atoms with E-state index >= 15 is 0 Å². The summed E-state index contributed by atoms with van der Waals surface area (Å²) in [6.07, 6.45) is -0.759. The fourth-order valence-corrected chi connectivity index (χ4v) is 1.30. The van der Waals surface area contributed by atoms with Gasteiger partial charge in [-0.25, -0.2) is 9.59 Å². The summed E-state index contributed by atoms with van der Waals surface area (Å²) in [6, 6.07) is -2.81. The lowest BCUT2D eigenvalue weighted by molar-refractivity contribution is -0.145. The summed E-state index contributed by atoms with van der Waals surface area (Å²) in [5.74, 6) is -3.50. The number of hydrogen-bond donors (Lipinski definition) is 3. The van der Waals surface area contributed by atoms with Gasteiger partial charge in [-0.2, -0.15) is 0 Å². The number of ether oxygens (including phenoxy) is 1. The van der Waals surface area contributed by atoms with Gasteiger partial charge in [0.25, 0.3) is 0 Å². The van der Waals surface area contributed by atoms with Gasteiger partial charge >= 0.3 is 23.9 Å². The maximum absolute atomic E-state index is 11.9. The van der Waals surface area contributed by atoms with Crippen LogP contribution in [0.25, 0.3) is 0 Å². The van der Waals surface area contributed by atoms with Crippen LogP contribution in [0.15, 0.2) is 0 Å². The van der Waals surface area contributed by atoms with Crippen LogP contribution in [0.1, 0.15) is 20.3 Å². The predicted molar refractivity (Wildman–Crippen MR) is 66.1 cm³/mol. The zero-order valence-electron chi connectivity index (χ0n) is 11.5. The molecule has 0 unspecified atom stereocenters. The van der Waals surface area contributed by atoms with Gasteiger partial charge in [-0.15, -0.1) is 0 Å². The first kappa shape index (κ1) is 17.7. The molecule has 1 atom stereocenters. The molecule has 2 amide bonds. The number of carboxylic acid groups (broad SMARTS) is 2. The first-order valence-corrected chi connectivity index (χ1v) is 5.77. The van der Waals surface area contributed by atoms with Crippen molar-refractivity contribution >= 4 is 23.9 Å². The van der Waals surface area contributed by atoms with Crippen LogP contribution in [0.5, 0.6) is 0 Å². The lowest BCUT2D eigenvalue weighted by atomic mass is 10.2.